The van der Waals surface area contributed by atoms with Gasteiger partial charge >= 0.3 is 6.36 Å². The van der Waals surface area contributed by atoms with Crippen LogP contribution in [0.4, 0.5) is 18.3 Å². The number of amides is 1. The normalized spacial score (nSPS) is 15.1. The Balaban J connectivity index is 1.39. The van der Waals surface area contributed by atoms with E-state index in [1.54, 1.807) is 17.5 Å². The summed E-state index contributed by atoms with van der Waals surface area (Å²) < 4.78 is 50.9. The molecule has 3 aromatic rings. The molecule has 0 bridgehead atoms. The molecule has 0 unspecified atom stereocenters. The number of nitrogens with one attached hydrogen (secondary N) is 1. The number of morpholine rings is 1. The Bertz CT molecular complexity index is 1050. The van der Waals surface area contributed by atoms with Crippen LogP contribution in [0.5, 0.6) is 5.75 Å². The Kier molecular flexibility index (Phi) is 6.51. The van der Waals surface area contributed by atoms with Crippen molar-refractivity contribution in [3.05, 3.63) is 47.1 Å². The van der Waals surface area contributed by atoms with Gasteiger partial charge in [0.05, 0.1) is 25.3 Å². The molecule has 12 heteroatoms. The van der Waals surface area contributed by atoms with Gasteiger partial charge in [0, 0.05) is 34.9 Å². The Hall–Kier alpha value is -2.54. The molecular formula is C19H17F3N4O3S2. The summed E-state index contributed by atoms with van der Waals surface area (Å²) in [7, 11) is 0. The lowest BCUT2D eigenvalue weighted by Crippen LogP contribution is -2.35. The SMILES string of the molecule is O=C(Nc1nc(CN2CCOCC2)ns1)c1csc(-c2cccc(OC(F)(F)F)c2)c1. The number of aromatic nitrogens is 2. The summed E-state index contributed by atoms with van der Waals surface area (Å²) in [5.41, 5.74) is 0.904. The highest BCUT2D eigenvalue weighted by molar-refractivity contribution is 7.14. The first-order chi connectivity index (χ1) is 14.9. The van der Waals surface area contributed by atoms with Gasteiger partial charge in [-0.15, -0.1) is 24.5 Å². The Morgan fingerprint density at radius 1 is 1.26 bits per heavy atom. The summed E-state index contributed by atoms with van der Waals surface area (Å²) in [6.45, 7) is 3.58. The van der Waals surface area contributed by atoms with Crippen molar-refractivity contribution in [3.8, 4) is 16.2 Å². The third-order valence-corrected chi connectivity index (χ3v) is 6.02. The zero-order valence-electron chi connectivity index (χ0n) is 16.0. The average molecular weight is 470 g/mol. The van der Waals surface area contributed by atoms with Gasteiger partial charge in [0.15, 0.2) is 5.82 Å². The van der Waals surface area contributed by atoms with Gasteiger partial charge in [0.2, 0.25) is 5.13 Å². The molecular weight excluding hydrogens is 453 g/mol. The molecule has 7 nitrogen and oxygen atoms in total. The first-order valence-electron chi connectivity index (χ1n) is 9.24. The van der Waals surface area contributed by atoms with E-state index in [1.165, 1.54) is 29.5 Å². The first kappa shape index (κ1) is 21.7. The Morgan fingerprint density at radius 3 is 2.84 bits per heavy atom. The number of thiophene rings is 1. The molecule has 1 saturated heterocycles. The van der Waals surface area contributed by atoms with Crippen LogP contribution < -0.4 is 10.1 Å². The molecule has 1 N–H and O–H groups in total. The maximum absolute atomic E-state index is 12.5. The van der Waals surface area contributed by atoms with Gasteiger partial charge in [-0.1, -0.05) is 12.1 Å². The smallest absolute Gasteiger partial charge is 0.406 e. The fourth-order valence-corrected chi connectivity index (χ4v) is 4.41. The van der Waals surface area contributed by atoms with Gasteiger partial charge in [0.25, 0.3) is 5.91 Å². The maximum atomic E-state index is 12.5. The predicted molar refractivity (Wildman–Crippen MR) is 110 cm³/mol. The van der Waals surface area contributed by atoms with Gasteiger partial charge in [-0.25, -0.2) is 4.98 Å². The van der Waals surface area contributed by atoms with Crippen LogP contribution in [0, 0.1) is 0 Å². The molecule has 2 aromatic heterocycles. The van der Waals surface area contributed by atoms with Gasteiger partial charge in [-0.2, -0.15) is 4.37 Å². The van der Waals surface area contributed by atoms with E-state index >= 15 is 0 Å². The molecule has 0 spiro atoms. The molecule has 1 aromatic carbocycles. The highest BCUT2D eigenvalue weighted by Gasteiger charge is 2.31. The zero-order chi connectivity index (χ0) is 21.8. The molecule has 1 fully saturated rings. The van der Waals surface area contributed by atoms with Crippen LogP contribution in [0.1, 0.15) is 16.2 Å². The molecule has 0 saturated carbocycles. The van der Waals surface area contributed by atoms with Crippen LogP contribution in [0.25, 0.3) is 10.4 Å². The lowest BCUT2D eigenvalue weighted by Gasteiger charge is -2.25. The van der Waals surface area contributed by atoms with Crippen molar-refractivity contribution in [3.63, 3.8) is 0 Å². The van der Waals surface area contributed by atoms with Gasteiger partial charge in [-0.3, -0.25) is 15.0 Å². The average Bonchev–Trinajstić information content (AvgIpc) is 3.38. The number of alkyl halides is 3. The summed E-state index contributed by atoms with van der Waals surface area (Å²) in [5.74, 6) is -0.0417. The highest BCUT2D eigenvalue weighted by atomic mass is 32.1. The van der Waals surface area contributed by atoms with Crippen LogP contribution >= 0.6 is 22.9 Å². The largest absolute Gasteiger partial charge is 0.573 e. The summed E-state index contributed by atoms with van der Waals surface area (Å²) in [4.78, 5) is 19.7. The third-order valence-electron chi connectivity index (χ3n) is 4.37. The molecule has 1 aliphatic rings. The van der Waals surface area contributed by atoms with Gasteiger partial charge < -0.3 is 9.47 Å². The van der Waals surface area contributed by atoms with E-state index in [4.69, 9.17) is 4.74 Å². The van der Waals surface area contributed by atoms with Crippen LogP contribution in [0.3, 0.4) is 0 Å². The van der Waals surface area contributed by atoms with Crippen molar-refractivity contribution in [1.29, 1.82) is 0 Å². The van der Waals surface area contributed by atoms with Crippen molar-refractivity contribution in [2.45, 2.75) is 12.9 Å². The number of halogens is 3. The second-order valence-electron chi connectivity index (χ2n) is 6.63. The minimum Gasteiger partial charge on any atom is -0.406 e. The molecule has 3 heterocycles. The van der Waals surface area contributed by atoms with Crippen LogP contribution in [-0.4, -0.2) is 52.8 Å². The molecule has 0 radical (unpaired) electrons. The monoisotopic (exact) mass is 470 g/mol. The van der Waals surface area contributed by atoms with E-state index in [9.17, 15) is 18.0 Å². The second-order valence-corrected chi connectivity index (χ2v) is 8.30. The third kappa shape index (κ3) is 6.00. The van der Waals surface area contributed by atoms with Gasteiger partial charge in [-0.05, 0) is 23.8 Å². The quantitative estimate of drug-likeness (QED) is 0.581. The number of rotatable bonds is 6. The Morgan fingerprint density at radius 2 is 2.06 bits per heavy atom. The first-order valence-corrected chi connectivity index (χ1v) is 10.9. The van der Waals surface area contributed by atoms with Crippen molar-refractivity contribution in [2.24, 2.45) is 0 Å². The fourth-order valence-electron chi connectivity index (χ4n) is 2.95. The van der Waals surface area contributed by atoms with Crippen molar-refractivity contribution >= 4 is 33.9 Å². The van der Waals surface area contributed by atoms with Crippen molar-refractivity contribution in [2.75, 3.05) is 31.6 Å². The van der Waals surface area contributed by atoms with Crippen LogP contribution in [0.15, 0.2) is 35.7 Å². The van der Waals surface area contributed by atoms with E-state index < -0.39 is 6.36 Å². The number of benzene rings is 1. The minimum absolute atomic E-state index is 0.314. The summed E-state index contributed by atoms with van der Waals surface area (Å²) in [5, 5.41) is 4.75. The predicted octanol–water partition coefficient (Wildman–Crippen LogP) is 4.25. The number of hydrogen-bond acceptors (Lipinski definition) is 8. The summed E-state index contributed by atoms with van der Waals surface area (Å²) >= 11 is 2.35. The number of nitrogens with zero attached hydrogens (tertiary/aromatic N) is 3. The zero-order valence-corrected chi connectivity index (χ0v) is 17.6. The standard InChI is InChI=1S/C19H17F3N4O3S2/c20-19(21,22)29-14-3-1-2-12(8-14)15-9-13(11-30-15)17(27)24-18-23-16(25-31-18)10-26-4-6-28-7-5-26/h1-3,8-9,11H,4-7,10H2,(H,23,24,25,27). The minimum atomic E-state index is -4.76. The van der Waals surface area contributed by atoms with E-state index in [1.807, 2.05) is 0 Å². The second kappa shape index (κ2) is 9.30. The molecule has 1 amide bonds. The number of carbonyl (C=O) groups excluding carboxylic acids is 1. The maximum Gasteiger partial charge on any atom is 0.573 e. The Labute approximate surface area is 183 Å². The number of anilines is 1. The number of hydrogen-bond donors (Lipinski definition) is 1. The summed E-state index contributed by atoms with van der Waals surface area (Å²) in [6.07, 6.45) is -4.76. The van der Waals surface area contributed by atoms with E-state index in [0.717, 1.165) is 24.6 Å². The summed E-state index contributed by atoms with van der Waals surface area (Å²) in [6, 6.07) is 7.24. The van der Waals surface area contributed by atoms with Crippen molar-refractivity contribution < 1.29 is 27.4 Å². The highest BCUT2D eigenvalue weighted by Crippen LogP contribution is 2.32. The van der Waals surface area contributed by atoms with Crippen LogP contribution in [0.2, 0.25) is 0 Å². The van der Waals surface area contributed by atoms with E-state index in [0.29, 0.717) is 46.7 Å². The fraction of sp³-hybridized carbons (Fsp3) is 0.316. The molecule has 164 valence electrons. The molecule has 1 aliphatic heterocycles. The molecule has 31 heavy (non-hydrogen) atoms. The molecule has 0 aliphatic carbocycles. The molecule has 4 rings (SSSR count). The number of ether oxygens (including phenoxy) is 2. The van der Waals surface area contributed by atoms with Crippen LogP contribution in [-0.2, 0) is 11.3 Å². The lowest BCUT2D eigenvalue weighted by molar-refractivity contribution is -0.274. The number of carbonyl (C=O) groups is 1. The van der Waals surface area contributed by atoms with Gasteiger partial charge in [0.1, 0.15) is 5.75 Å². The van der Waals surface area contributed by atoms with Crippen molar-refractivity contribution in [1.82, 2.24) is 14.3 Å². The topological polar surface area (TPSA) is 76.6 Å². The lowest BCUT2D eigenvalue weighted by atomic mass is 10.1. The van der Waals surface area contributed by atoms with E-state index in [2.05, 4.69) is 24.3 Å². The van der Waals surface area contributed by atoms with E-state index in [-0.39, 0.29) is 11.7 Å². The molecule has 0 atom stereocenters.